The molecule has 0 saturated heterocycles. The van der Waals surface area contributed by atoms with Crippen LogP contribution >= 0.6 is 11.6 Å². The average molecular weight is 355 g/mol. The van der Waals surface area contributed by atoms with Crippen molar-refractivity contribution < 1.29 is 18.0 Å². The van der Waals surface area contributed by atoms with E-state index in [9.17, 15) is 18.0 Å². The minimum Gasteiger partial charge on any atom is -0.334 e. The third-order valence-corrected chi connectivity index (χ3v) is 3.56. The number of pyridine rings is 1. The number of hydrogen-bond acceptors (Lipinski definition) is 3. The maximum atomic E-state index is 12.7. The molecule has 0 fully saturated rings. The van der Waals surface area contributed by atoms with Gasteiger partial charge in [0.2, 0.25) is 0 Å². The molecule has 3 aromatic rings. The topological polar surface area (TPSA) is 59.8 Å². The van der Waals surface area contributed by atoms with Crippen LogP contribution in [0.5, 0.6) is 0 Å². The van der Waals surface area contributed by atoms with Gasteiger partial charge in [0.05, 0.1) is 17.4 Å². The molecule has 0 aliphatic heterocycles. The summed E-state index contributed by atoms with van der Waals surface area (Å²) in [7, 11) is 1.74. The van der Waals surface area contributed by atoms with Gasteiger partial charge in [-0.3, -0.25) is 4.79 Å². The van der Waals surface area contributed by atoms with Gasteiger partial charge in [-0.15, -0.1) is 0 Å². The van der Waals surface area contributed by atoms with E-state index in [4.69, 9.17) is 11.6 Å². The lowest BCUT2D eigenvalue weighted by Gasteiger charge is -2.09. The van der Waals surface area contributed by atoms with Crippen molar-refractivity contribution in [1.29, 1.82) is 0 Å². The number of fused-ring (bicyclic) bond motifs is 1. The van der Waals surface area contributed by atoms with Crippen LogP contribution in [0.4, 0.5) is 19.0 Å². The number of alkyl halides is 3. The molecule has 0 saturated carbocycles. The predicted octanol–water partition coefficient (Wildman–Crippen LogP) is 3.89. The molecule has 0 aliphatic carbocycles. The van der Waals surface area contributed by atoms with Gasteiger partial charge in [0, 0.05) is 18.7 Å². The highest BCUT2D eigenvalue weighted by molar-refractivity contribution is 6.30. The Kier molecular flexibility index (Phi) is 3.92. The molecule has 1 amide bonds. The van der Waals surface area contributed by atoms with E-state index in [1.165, 1.54) is 18.5 Å². The van der Waals surface area contributed by atoms with Crippen molar-refractivity contribution in [2.75, 3.05) is 5.32 Å². The molecule has 1 N–H and O–H groups in total. The lowest BCUT2D eigenvalue weighted by molar-refractivity contribution is -0.137. The standard InChI is InChI=1S/C15H10ClF3N4O/c1-23-7-20-12-10(23)6-11(16)21-13(12)22-14(24)8-3-2-4-9(5-8)15(17,18)19/h2-7H,1H3,(H,21,22,24). The number of halogens is 4. The largest absolute Gasteiger partial charge is 0.416 e. The number of aromatic nitrogens is 3. The van der Waals surface area contributed by atoms with Gasteiger partial charge in [0.1, 0.15) is 10.7 Å². The van der Waals surface area contributed by atoms with Gasteiger partial charge in [0.25, 0.3) is 5.91 Å². The number of carbonyl (C=O) groups excluding carboxylic acids is 1. The number of hydrogen-bond donors (Lipinski definition) is 1. The fourth-order valence-electron chi connectivity index (χ4n) is 2.20. The molecule has 2 aromatic heterocycles. The van der Waals surface area contributed by atoms with Crippen molar-refractivity contribution in [1.82, 2.24) is 14.5 Å². The van der Waals surface area contributed by atoms with Crippen molar-refractivity contribution in [3.8, 4) is 0 Å². The molecule has 1 aromatic carbocycles. The maximum absolute atomic E-state index is 12.7. The summed E-state index contributed by atoms with van der Waals surface area (Å²) in [4.78, 5) is 20.4. The van der Waals surface area contributed by atoms with Gasteiger partial charge in [-0.1, -0.05) is 17.7 Å². The molecular formula is C15H10ClF3N4O. The zero-order valence-electron chi connectivity index (χ0n) is 12.2. The van der Waals surface area contributed by atoms with Gasteiger partial charge in [0.15, 0.2) is 5.82 Å². The molecule has 0 spiro atoms. The van der Waals surface area contributed by atoms with Gasteiger partial charge >= 0.3 is 6.18 Å². The SMILES string of the molecule is Cn1cnc2c(NC(=O)c3cccc(C(F)(F)F)c3)nc(Cl)cc21. The summed E-state index contributed by atoms with van der Waals surface area (Å²) in [5.74, 6) is -0.650. The summed E-state index contributed by atoms with van der Waals surface area (Å²) in [6.07, 6.45) is -3.01. The van der Waals surface area contributed by atoms with E-state index in [1.807, 2.05) is 0 Å². The molecule has 9 heteroatoms. The summed E-state index contributed by atoms with van der Waals surface area (Å²) in [5, 5.41) is 2.59. The molecular weight excluding hydrogens is 345 g/mol. The van der Waals surface area contributed by atoms with Crippen LogP contribution in [0.3, 0.4) is 0 Å². The van der Waals surface area contributed by atoms with Crippen LogP contribution in [0.2, 0.25) is 5.15 Å². The number of rotatable bonds is 2. The molecule has 24 heavy (non-hydrogen) atoms. The first-order valence-electron chi connectivity index (χ1n) is 6.72. The first-order valence-corrected chi connectivity index (χ1v) is 7.09. The highest BCUT2D eigenvalue weighted by atomic mass is 35.5. The van der Waals surface area contributed by atoms with E-state index in [0.29, 0.717) is 11.0 Å². The smallest absolute Gasteiger partial charge is 0.334 e. The zero-order valence-corrected chi connectivity index (χ0v) is 13.0. The quantitative estimate of drug-likeness (QED) is 0.710. The fraction of sp³-hybridized carbons (Fsp3) is 0.133. The molecule has 2 heterocycles. The lowest BCUT2D eigenvalue weighted by atomic mass is 10.1. The predicted molar refractivity (Wildman–Crippen MR) is 82.9 cm³/mol. The summed E-state index contributed by atoms with van der Waals surface area (Å²) < 4.78 is 39.9. The monoisotopic (exact) mass is 354 g/mol. The Morgan fingerprint density at radius 2 is 2.04 bits per heavy atom. The van der Waals surface area contributed by atoms with E-state index in [-0.39, 0.29) is 16.5 Å². The normalized spacial score (nSPS) is 11.7. The van der Waals surface area contributed by atoms with Crippen LogP contribution < -0.4 is 5.32 Å². The Bertz CT molecular complexity index is 936. The Labute approximate surface area is 139 Å². The van der Waals surface area contributed by atoms with Gasteiger partial charge in [-0.25, -0.2) is 9.97 Å². The van der Waals surface area contributed by atoms with E-state index in [0.717, 1.165) is 12.1 Å². The summed E-state index contributed by atoms with van der Waals surface area (Å²) in [6.45, 7) is 0. The van der Waals surface area contributed by atoms with E-state index >= 15 is 0 Å². The molecule has 0 atom stereocenters. The Balaban J connectivity index is 1.96. The minimum atomic E-state index is -4.53. The van der Waals surface area contributed by atoms with Crippen molar-refractivity contribution >= 4 is 34.4 Å². The first kappa shape index (κ1) is 16.3. The van der Waals surface area contributed by atoms with E-state index < -0.39 is 17.6 Å². The summed E-state index contributed by atoms with van der Waals surface area (Å²) >= 11 is 5.91. The highest BCUT2D eigenvalue weighted by Crippen LogP contribution is 2.30. The first-order chi connectivity index (χ1) is 11.3. The molecule has 0 bridgehead atoms. The second kappa shape index (κ2) is 5.79. The van der Waals surface area contributed by atoms with Crippen LogP contribution in [0.25, 0.3) is 11.0 Å². The van der Waals surface area contributed by atoms with Gasteiger partial charge in [-0.05, 0) is 18.2 Å². The van der Waals surface area contributed by atoms with Crippen LogP contribution in [-0.2, 0) is 13.2 Å². The minimum absolute atomic E-state index is 0.0838. The number of amides is 1. The highest BCUT2D eigenvalue weighted by Gasteiger charge is 2.31. The van der Waals surface area contributed by atoms with Crippen molar-refractivity contribution in [3.63, 3.8) is 0 Å². The van der Waals surface area contributed by atoms with Crippen LogP contribution in [0.1, 0.15) is 15.9 Å². The van der Waals surface area contributed by atoms with Crippen molar-refractivity contribution in [2.45, 2.75) is 6.18 Å². The fourth-order valence-corrected chi connectivity index (χ4v) is 2.39. The second-order valence-electron chi connectivity index (χ2n) is 5.05. The van der Waals surface area contributed by atoms with Crippen molar-refractivity contribution in [2.24, 2.45) is 7.05 Å². The van der Waals surface area contributed by atoms with Crippen molar-refractivity contribution in [3.05, 3.63) is 52.9 Å². The zero-order chi connectivity index (χ0) is 17.5. The number of carbonyl (C=O) groups is 1. The number of benzene rings is 1. The molecule has 0 aliphatic rings. The van der Waals surface area contributed by atoms with E-state index in [2.05, 4.69) is 15.3 Å². The average Bonchev–Trinajstić information content (AvgIpc) is 2.88. The van der Waals surface area contributed by atoms with Crippen LogP contribution in [0.15, 0.2) is 36.7 Å². The molecule has 0 unspecified atom stereocenters. The number of nitrogens with one attached hydrogen (secondary N) is 1. The molecule has 0 radical (unpaired) electrons. The number of nitrogens with zero attached hydrogens (tertiary/aromatic N) is 3. The summed E-state index contributed by atoms with van der Waals surface area (Å²) in [5.41, 5.74) is -0.0237. The van der Waals surface area contributed by atoms with Crippen LogP contribution in [0, 0.1) is 0 Å². The second-order valence-corrected chi connectivity index (χ2v) is 5.44. The van der Waals surface area contributed by atoms with E-state index in [1.54, 1.807) is 17.7 Å². The molecule has 124 valence electrons. The summed E-state index contributed by atoms with van der Waals surface area (Å²) in [6, 6.07) is 5.69. The number of imidazole rings is 1. The number of anilines is 1. The van der Waals surface area contributed by atoms with Gasteiger partial charge in [-0.2, -0.15) is 13.2 Å². The lowest BCUT2D eigenvalue weighted by Crippen LogP contribution is -2.15. The Hall–Kier alpha value is -2.61. The Morgan fingerprint density at radius 3 is 2.75 bits per heavy atom. The maximum Gasteiger partial charge on any atom is 0.416 e. The van der Waals surface area contributed by atoms with Crippen LogP contribution in [-0.4, -0.2) is 20.4 Å². The number of aryl methyl sites for hydroxylation is 1. The van der Waals surface area contributed by atoms with Gasteiger partial charge < -0.3 is 9.88 Å². The third-order valence-electron chi connectivity index (χ3n) is 3.37. The third kappa shape index (κ3) is 3.05. The Morgan fingerprint density at radius 1 is 1.29 bits per heavy atom. The molecule has 3 rings (SSSR count). The molecule has 5 nitrogen and oxygen atoms in total.